The van der Waals surface area contributed by atoms with Crippen molar-refractivity contribution < 1.29 is 13.9 Å². The Bertz CT molecular complexity index is 644. The van der Waals surface area contributed by atoms with Gasteiger partial charge in [-0.2, -0.15) is 0 Å². The molecule has 24 heavy (non-hydrogen) atoms. The quantitative estimate of drug-likeness (QED) is 0.847. The molecule has 1 unspecified atom stereocenters. The average molecular weight is 328 g/mol. The number of piperazine rings is 1. The molecule has 5 nitrogen and oxygen atoms in total. The van der Waals surface area contributed by atoms with Crippen LogP contribution < -0.4 is 4.74 Å². The Labute approximate surface area is 142 Å². The van der Waals surface area contributed by atoms with Crippen molar-refractivity contribution in [3.63, 3.8) is 0 Å². The van der Waals surface area contributed by atoms with Crippen molar-refractivity contribution in [3.05, 3.63) is 54.0 Å². The van der Waals surface area contributed by atoms with E-state index in [1.54, 1.807) is 25.5 Å². The fourth-order valence-electron chi connectivity index (χ4n) is 3.11. The maximum atomic E-state index is 12.3. The Balaban J connectivity index is 1.50. The molecule has 0 bridgehead atoms. The summed E-state index contributed by atoms with van der Waals surface area (Å²) in [5.74, 6) is 1.75. The summed E-state index contributed by atoms with van der Waals surface area (Å²) in [4.78, 5) is 16.6. The number of nitrogens with zero attached hydrogens (tertiary/aromatic N) is 2. The Morgan fingerprint density at radius 1 is 1.17 bits per heavy atom. The van der Waals surface area contributed by atoms with Gasteiger partial charge in [-0.15, -0.1) is 0 Å². The van der Waals surface area contributed by atoms with Crippen molar-refractivity contribution in [2.75, 3.05) is 39.8 Å². The molecule has 0 saturated carbocycles. The van der Waals surface area contributed by atoms with Gasteiger partial charge in [0.05, 0.1) is 13.4 Å². The third-order valence-corrected chi connectivity index (χ3v) is 4.61. The Kier molecular flexibility index (Phi) is 5.20. The summed E-state index contributed by atoms with van der Waals surface area (Å²) >= 11 is 0. The zero-order valence-corrected chi connectivity index (χ0v) is 14.3. The minimum atomic E-state index is -0.0112. The summed E-state index contributed by atoms with van der Waals surface area (Å²) in [7, 11) is 1.68. The highest BCUT2D eigenvalue weighted by Gasteiger charge is 2.24. The van der Waals surface area contributed by atoms with Gasteiger partial charge in [-0.25, -0.2) is 0 Å². The first-order valence-corrected chi connectivity index (χ1v) is 8.36. The molecule has 3 rings (SSSR count). The summed E-state index contributed by atoms with van der Waals surface area (Å²) in [6, 6.07) is 11.7. The zero-order chi connectivity index (χ0) is 16.9. The van der Waals surface area contributed by atoms with Gasteiger partial charge in [0.2, 0.25) is 0 Å². The van der Waals surface area contributed by atoms with E-state index in [4.69, 9.17) is 9.15 Å². The summed E-state index contributed by atoms with van der Waals surface area (Å²) in [6.07, 6.45) is 1.54. The van der Waals surface area contributed by atoms with Crippen LogP contribution in [-0.2, 0) is 0 Å². The topological polar surface area (TPSA) is 45.9 Å². The minimum Gasteiger partial charge on any atom is -0.497 e. The molecule has 2 aromatic rings. The van der Waals surface area contributed by atoms with E-state index in [-0.39, 0.29) is 5.91 Å². The van der Waals surface area contributed by atoms with E-state index in [0.717, 1.165) is 38.5 Å². The SMILES string of the molecule is COc1ccc(C(C)CN2CCN(C(=O)c3ccco3)CC2)cc1. The van der Waals surface area contributed by atoms with E-state index < -0.39 is 0 Å². The molecule has 2 heterocycles. The maximum absolute atomic E-state index is 12.3. The number of furan rings is 1. The molecule has 0 spiro atoms. The molecule has 1 aromatic carbocycles. The fourth-order valence-corrected chi connectivity index (χ4v) is 3.11. The van der Waals surface area contributed by atoms with E-state index in [9.17, 15) is 4.79 Å². The van der Waals surface area contributed by atoms with Gasteiger partial charge in [0.25, 0.3) is 5.91 Å². The van der Waals surface area contributed by atoms with Gasteiger partial charge in [-0.05, 0) is 35.7 Å². The van der Waals surface area contributed by atoms with Crippen LogP contribution in [0.5, 0.6) is 5.75 Å². The van der Waals surface area contributed by atoms with Crippen molar-refractivity contribution in [1.82, 2.24) is 9.80 Å². The second-order valence-corrected chi connectivity index (χ2v) is 6.24. The highest BCUT2D eigenvalue weighted by molar-refractivity contribution is 5.91. The fraction of sp³-hybridized carbons (Fsp3) is 0.421. The predicted octanol–water partition coefficient (Wildman–Crippen LogP) is 2.85. The van der Waals surface area contributed by atoms with Crippen LogP contribution in [0.4, 0.5) is 0 Å². The minimum absolute atomic E-state index is 0.0112. The maximum Gasteiger partial charge on any atom is 0.289 e. The zero-order valence-electron chi connectivity index (χ0n) is 14.3. The summed E-state index contributed by atoms with van der Waals surface area (Å²) in [5, 5.41) is 0. The van der Waals surface area contributed by atoms with Gasteiger partial charge in [0, 0.05) is 32.7 Å². The van der Waals surface area contributed by atoms with Gasteiger partial charge in [0.15, 0.2) is 5.76 Å². The lowest BCUT2D eigenvalue weighted by molar-refractivity contribution is 0.0601. The Hall–Kier alpha value is -2.27. The number of hydrogen-bond donors (Lipinski definition) is 0. The number of carbonyl (C=O) groups excluding carboxylic acids is 1. The van der Waals surface area contributed by atoms with Crippen molar-refractivity contribution in [2.24, 2.45) is 0 Å². The number of amides is 1. The van der Waals surface area contributed by atoms with Gasteiger partial charge in [0.1, 0.15) is 5.75 Å². The molecule has 128 valence electrons. The van der Waals surface area contributed by atoms with Crippen molar-refractivity contribution >= 4 is 5.91 Å². The van der Waals surface area contributed by atoms with Crippen LogP contribution in [0.25, 0.3) is 0 Å². The first kappa shape index (κ1) is 16.6. The predicted molar refractivity (Wildman–Crippen MR) is 92.5 cm³/mol. The molecule has 1 fully saturated rings. The third kappa shape index (κ3) is 3.79. The van der Waals surface area contributed by atoms with E-state index in [1.807, 2.05) is 17.0 Å². The summed E-state index contributed by atoms with van der Waals surface area (Å²) in [5.41, 5.74) is 1.31. The van der Waals surface area contributed by atoms with E-state index in [1.165, 1.54) is 5.56 Å². The Morgan fingerprint density at radius 2 is 1.88 bits per heavy atom. The summed E-state index contributed by atoms with van der Waals surface area (Å²) in [6.45, 7) is 6.51. The number of carbonyl (C=O) groups is 1. The second-order valence-electron chi connectivity index (χ2n) is 6.24. The lowest BCUT2D eigenvalue weighted by Gasteiger charge is -2.35. The van der Waals surface area contributed by atoms with Crippen LogP contribution in [0.1, 0.15) is 29.0 Å². The number of rotatable bonds is 5. The van der Waals surface area contributed by atoms with Crippen LogP contribution in [0.2, 0.25) is 0 Å². The smallest absolute Gasteiger partial charge is 0.289 e. The summed E-state index contributed by atoms with van der Waals surface area (Å²) < 4.78 is 10.4. The number of hydrogen-bond acceptors (Lipinski definition) is 4. The van der Waals surface area contributed by atoms with Crippen LogP contribution in [0, 0.1) is 0 Å². The van der Waals surface area contributed by atoms with Gasteiger partial charge >= 0.3 is 0 Å². The molecule has 0 N–H and O–H groups in total. The molecule has 1 aliphatic rings. The van der Waals surface area contributed by atoms with Crippen LogP contribution >= 0.6 is 0 Å². The molecule has 1 aromatic heterocycles. The molecular formula is C19H24N2O3. The molecule has 5 heteroatoms. The third-order valence-electron chi connectivity index (χ3n) is 4.61. The van der Waals surface area contributed by atoms with Gasteiger partial charge in [-0.1, -0.05) is 19.1 Å². The Morgan fingerprint density at radius 3 is 2.46 bits per heavy atom. The van der Waals surface area contributed by atoms with Gasteiger partial charge in [-0.3, -0.25) is 9.69 Å². The number of benzene rings is 1. The second kappa shape index (κ2) is 7.53. The molecule has 0 aliphatic carbocycles. The normalized spacial score (nSPS) is 16.8. The van der Waals surface area contributed by atoms with Crippen molar-refractivity contribution in [3.8, 4) is 5.75 Å². The molecular weight excluding hydrogens is 304 g/mol. The van der Waals surface area contributed by atoms with Gasteiger partial charge < -0.3 is 14.1 Å². The van der Waals surface area contributed by atoms with Crippen LogP contribution in [-0.4, -0.2) is 55.5 Å². The lowest BCUT2D eigenvalue weighted by atomic mass is 10.00. The molecule has 1 aliphatic heterocycles. The highest BCUT2D eigenvalue weighted by Crippen LogP contribution is 2.21. The van der Waals surface area contributed by atoms with E-state index in [0.29, 0.717) is 11.7 Å². The molecule has 1 saturated heterocycles. The first-order chi connectivity index (χ1) is 11.7. The van der Waals surface area contributed by atoms with Crippen molar-refractivity contribution in [1.29, 1.82) is 0 Å². The van der Waals surface area contributed by atoms with Crippen LogP contribution in [0.3, 0.4) is 0 Å². The molecule has 1 amide bonds. The van der Waals surface area contributed by atoms with Crippen LogP contribution in [0.15, 0.2) is 47.1 Å². The lowest BCUT2D eigenvalue weighted by Crippen LogP contribution is -2.49. The molecule has 1 atom stereocenters. The average Bonchev–Trinajstić information content (AvgIpc) is 3.16. The van der Waals surface area contributed by atoms with E-state index in [2.05, 4.69) is 24.0 Å². The molecule has 0 radical (unpaired) electrons. The van der Waals surface area contributed by atoms with E-state index >= 15 is 0 Å². The first-order valence-electron chi connectivity index (χ1n) is 8.36. The monoisotopic (exact) mass is 328 g/mol. The number of ether oxygens (including phenoxy) is 1. The standard InChI is InChI=1S/C19H24N2O3/c1-15(16-5-7-17(23-2)8-6-16)14-20-9-11-21(12-10-20)19(22)18-4-3-13-24-18/h3-8,13,15H,9-12,14H2,1-2H3. The highest BCUT2D eigenvalue weighted by atomic mass is 16.5. The number of methoxy groups -OCH3 is 1. The largest absolute Gasteiger partial charge is 0.497 e. The van der Waals surface area contributed by atoms with Crippen molar-refractivity contribution in [2.45, 2.75) is 12.8 Å².